The fourth-order valence-corrected chi connectivity index (χ4v) is 7.30. The van der Waals surface area contributed by atoms with E-state index in [9.17, 15) is 13.2 Å². The average Bonchev–Trinajstić information content (AvgIpc) is 3.38. The largest absolute Gasteiger partial charge is 0.493 e. The van der Waals surface area contributed by atoms with Crippen LogP contribution < -0.4 is 15.0 Å². The molecule has 1 N–H and O–H groups in total. The number of nitrogens with zero attached hydrogens (tertiary/aromatic N) is 4. The van der Waals surface area contributed by atoms with E-state index in [1.165, 1.54) is 16.4 Å². The lowest BCUT2D eigenvalue weighted by Gasteiger charge is -2.34. The Morgan fingerprint density at radius 1 is 1.12 bits per heavy atom. The average molecular weight is 631 g/mol. The number of methoxy groups -OCH3 is 1. The number of amides is 1. The molecule has 0 radical (unpaired) electrons. The molecule has 0 unspecified atom stereocenters. The molecule has 13 heteroatoms. The fourth-order valence-electron chi connectivity index (χ4n) is 4.57. The molecule has 1 saturated heterocycles. The van der Waals surface area contributed by atoms with Crippen LogP contribution in [0.1, 0.15) is 37.0 Å². The number of sulfonamides is 1. The van der Waals surface area contributed by atoms with Gasteiger partial charge in [-0.2, -0.15) is 4.31 Å². The Morgan fingerprint density at radius 2 is 1.82 bits per heavy atom. The second kappa shape index (κ2) is 14.7. The zero-order chi connectivity index (χ0) is 28.0. The highest BCUT2D eigenvalue weighted by Crippen LogP contribution is 2.38. The van der Waals surface area contributed by atoms with Crippen LogP contribution in [0.25, 0.3) is 10.2 Å². The highest BCUT2D eigenvalue weighted by atomic mass is 35.5. The number of aromatic nitrogens is 1. The highest BCUT2D eigenvalue weighted by Gasteiger charge is 2.24. The number of ether oxygens (including phenoxy) is 1. The van der Waals surface area contributed by atoms with Gasteiger partial charge < -0.3 is 15.0 Å². The van der Waals surface area contributed by atoms with Crippen LogP contribution in [0.2, 0.25) is 5.02 Å². The van der Waals surface area contributed by atoms with Crippen LogP contribution in [0, 0.1) is 0 Å². The van der Waals surface area contributed by atoms with Gasteiger partial charge in [-0.15, -0.1) is 12.4 Å². The normalized spacial score (nSPS) is 14.4. The van der Waals surface area contributed by atoms with Crippen molar-refractivity contribution in [3.63, 3.8) is 0 Å². The maximum absolute atomic E-state index is 12.9. The molecule has 0 saturated carbocycles. The Bertz CT molecular complexity index is 1380. The SMILES string of the molecule is CCCCN(CC)S(=O)(=O)c1ccc(C(=O)NCCN2CCN(c3nc4c(OC)c(Cl)ccc4s3)CC2)cc1.Cl. The number of thiazole rings is 1. The third-order valence-electron chi connectivity index (χ3n) is 6.88. The molecule has 0 aliphatic carbocycles. The molecule has 0 bridgehead atoms. The van der Waals surface area contributed by atoms with Gasteiger partial charge in [0.15, 0.2) is 10.9 Å². The van der Waals surface area contributed by atoms with Crippen LogP contribution in [0.15, 0.2) is 41.3 Å². The number of hydrogen-bond donors (Lipinski definition) is 1. The summed E-state index contributed by atoms with van der Waals surface area (Å²) in [4.78, 5) is 22.2. The molecule has 220 valence electrons. The maximum Gasteiger partial charge on any atom is 0.251 e. The summed E-state index contributed by atoms with van der Waals surface area (Å²) in [5, 5.41) is 4.46. The van der Waals surface area contributed by atoms with Crippen LogP contribution in [0.5, 0.6) is 5.75 Å². The third kappa shape index (κ3) is 7.37. The van der Waals surface area contributed by atoms with Gasteiger partial charge in [0.2, 0.25) is 10.0 Å². The summed E-state index contributed by atoms with van der Waals surface area (Å²) in [5.41, 5.74) is 1.24. The first-order valence-corrected chi connectivity index (χ1v) is 15.9. The van der Waals surface area contributed by atoms with Crippen molar-refractivity contribution in [1.82, 2.24) is 19.5 Å². The second-order valence-electron chi connectivity index (χ2n) is 9.38. The van der Waals surface area contributed by atoms with E-state index in [4.69, 9.17) is 21.3 Å². The molecule has 1 aliphatic heterocycles. The number of fused-ring (bicyclic) bond motifs is 1. The van der Waals surface area contributed by atoms with E-state index < -0.39 is 10.0 Å². The lowest BCUT2D eigenvalue weighted by atomic mass is 10.2. The Hall–Kier alpha value is -2.15. The molecule has 0 atom stereocenters. The van der Waals surface area contributed by atoms with Crippen molar-refractivity contribution in [2.75, 3.05) is 64.4 Å². The molecule has 9 nitrogen and oxygen atoms in total. The van der Waals surface area contributed by atoms with Gasteiger partial charge in [-0.05, 0) is 42.8 Å². The molecular formula is C27H37Cl2N5O4S2. The molecule has 2 heterocycles. The Morgan fingerprint density at radius 3 is 2.45 bits per heavy atom. The van der Waals surface area contributed by atoms with Crippen LogP contribution >= 0.6 is 35.3 Å². The van der Waals surface area contributed by atoms with E-state index in [1.807, 2.05) is 26.0 Å². The molecule has 1 aromatic heterocycles. The molecule has 40 heavy (non-hydrogen) atoms. The minimum Gasteiger partial charge on any atom is -0.493 e. The van der Waals surface area contributed by atoms with E-state index in [2.05, 4.69) is 15.1 Å². The van der Waals surface area contributed by atoms with Gasteiger partial charge in [-0.25, -0.2) is 13.4 Å². The number of halogens is 2. The van der Waals surface area contributed by atoms with Crippen LogP contribution in [-0.4, -0.2) is 88.0 Å². The zero-order valence-electron chi connectivity index (χ0n) is 23.1. The number of carbonyl (C=O) groups excluding carboxylic acids is 1. The Kier molecular flexibility index (Phi) is 11.9. The minimum atomic E-state index is -3.56. The van der Waals surface area contributed by atoms with Gasteiger partial charge in [-0.3, -0.25) is 9.69 Å². The van der Waals surface area contributed by atoms with E-state index in [1.54, 1.807) is 30.6 Å². The van der Waals surface area contributed by atoms with Gasteiger partial charge in [0.1, 0.15) is 5.52 Å². The van der Waals surface area contributed by atoms with Gasteiger partial charge >= 0.3 is 0 Å². The third-order valence-corrected chi connectivity index (χ3v) is 10.3. The second-order valence-corrected chi connectivity index (χ2v) is 12.7. The molecule has 4 rings (SSSR count). The fraction of sp³-hybridized carbons (Fsp3) is 0.481. The summed E-state index contributed by atoms with van der Waals surface area (Å²) in [6, 6.07) is 10.00. The molecule has 3 aromatic rings. The van der Waals surface area contributed by atoms with Crippen molar-refractivity contribution in [1.29, 1.82) is 0 Å². The number of nitrogens with one attached hydrogen (secondary N) is 1. The monoisotopic (exact) mass is 629 g/mol. The quantitative estimate of drug-likeness (QED) is 0.309. The first-order chi connectivity index (χ1) is 18.8. The number of carbonyl (C=O) groups is 1. The summed E-state index contributed by atoms with van der Waals surface area (Å²) < 4.78 is 33.8. The first-order valence-electron chi connectivity index (χ1n) is 13.3. The van der Waals surface area contributed by atoms with Crippen molar-refractivity contribution < 1.29 is 17.9 Å². The number of unbranched alkanes of at least 4 members (excludes halogenated alkanes) is 1. The first kappa shape index (κ1) is 32.4. The lowest BCUT2D eigenvalue weighted by Crippen LogP contribution is -2.48. The molecule has 1 aliphatic rings. The van der Waals surface area contributed by atoms with Crippen molar-refractivity contribution in [3.05, 3.63) is 47.0 Å². The van der Waals surface area contributed by atoms with Gasteiger partial charge in [0, 0.05) is 57.9 Å². The van der Waals surface area contributed by atoms with Gasteiger partial charge in [0.05, 0.1) is 21.7 Å². The molecule has 2 aromatic carbocycles. The van der Waals surface area contributed by atoms with Gasteiger partial charge in [-0.1, -0.05) is 43.2 Å². The maximum atomic E-state index is 12.9. The lowest BCUT2D eigenvalue weighted by molar-refractivity contribution is 0.0947. The summed E-state index contributed by atoms with van der Waals surface area (Å²) in [5.74, 6) is 0.398. The van der Waals surface area contributed by atoms with Crippen LogP contribution in [0.4, 0.5) is 5.13 Å². The number of rotatable bonds is 12. The van der Waals surface area contributed by atoms with Crippen LogP contribution in [-0.2, 0) is 10.0 Å². The predicted octanol–water partition coefficient (Wildman–Crippen LogP) is 4.74. The van der Waals surface area contributed by atoms with E-state index >= 15 is 0 Å². The number of piperazine rings is 1. The Labute approximate surface area is 251 Å². The molecular weight excluding hydrogens is 593 g/mol. The molecule has 0 spiro atoms. The van der Waals surface area contributed by atoms with Crippen LogP contribution in [0.3, 0.4) is 0 Å². The number of anilines is 1. The smallest absolute Gasteiger partial charge is 0.251 e. The highest BCUT2D eigenvalue weighted by molar-refractivity contribution is 7.89. The van der Waals surface area contributed by atoms with E-state index in [-0.39, 0.29) is 23.2 Å². The van der Waals surface area contributed by atoms with E-state index in [0.717, 1.165) is 60.9 Å². The topological polar surface area (TPSA) is 95.1 Å². The summed E-state index contributed by atoms with van der Waals surface area (Å²) in [6.07, 6.45) is 1.74. The van der Waals surface area contributed by atoms with Crippen molar-refractivity contribution >= 4 is 66.6 Å². The summed E-state index contributed by atoms with van der Waals surface area (Å²) >= 11 is 7.88. The van der Waals surface area contributed by atoms with Crippen molar-refractivity contribution in [3.8, 4) is 5.75 Å². The Balaban J connectivity index is 0.00000441. The van der Waals surface area contributed by atoms with E-state index in [0.29, 0.717) is 36.0 Å². The molecule has 1 fully saturated rings. The number of benzene rings is 2. The number of hydrogen-bond acceptors (Lipinski definition) is 8. The standard InChI is InChI=1S/C27H36ClN5O4S2.ClH/c1-4-6-14-33(5-2)39(35,36)21-9-7-20(8-10-21)26(34)29-13-15-31-16-18-32(19-17-31)27-30-24-23(38-27)12-11-22(28)25(24)37-3;/h7-12H,4-6,13-19H2,1-3H3,(H,29,34);1H. The van der Waals surface area contributed by atoms with Gasteiger partial charge in [0.25, 0.3) is 5.91 Å². The zero-order valence-corrected chi connectivity index (χ0v) is 26.3. The summed E-state index contributed by atoms with van der Waals surface area (Å²) in [6.45, 7) is 9.44. The summed E-state index contributed by atoms with van der Waals surface area (Å²) in [7, 11) is -1.96. The van der Waals surface area contributed by atoms with Crippen molar-refractivity contribution in [2.45, 2.75) is 31.6 Å². The minimum absolute atomic E-state index is 0. The predicted molar refractivity (Wildman–Crippen MR) is 165 cm³/mol. The van der Waals surface area contributed by atoms with Crippen molar-refractivity contribution in [2.24, 2.45) is 0 Å². The molecule has 1 amide bonds.